The van der Waals surface area contributed by atoms with E-state index in [0.717, 1.165) is 0 Å². The van der Waals surface area contributed by atoms with Gasteiger partial charge in [0.1, 0.15) is 5.75 Å². The molecule has 0 amide bonds. The van der Waals surface area contributed by atoms with E-state index in [1.807, 2.05) is 14.1 Å². The maximum absolute atomic E-state index is 11.7. The fourth-order valence-electron chi connectivity index (χ4n) is 1.16. The third-order valence-corrected chi connectivity index (χ3v) is 2.28. The molecule has 1 rings (SSSR count). The minimum Gasteiger partial charge on any atom is -0.483 e. The van der Waals surface area contributed by atoms with E-state index in [4.69, 9.17) is 16.3 Å². The van der Waals surface area contributed by atoms with Crippen molar-refractivity contribution >= 4 is 17.4 Å². The second-order valence-electron chi connectivity index (χ2n) is 3.90. The molecule has 0 unspecified atom stereocenters. The Labute approximate surface area is 107 Å². The number of halogens is 1. The van der Waals surface area contributed by atoms with E-state index in [-0.39, 0.29) is 5.78 Å². The molecule has 0 aliphatic rings. The summed E-state index contributed by atoms with van der Waals surface area (Å²) in [6.45, 7) is 1.71. The Balaban J connectivity index is 2.60. The van der Waals surface area contributed by atoms with Crippen LogP contribution in [0.1, 0.15) is 6.92 Å². The standard InChI is InChI=1S/C13H16ClNO2/c1-10(13(16)7-8-15(2)3)17-12-6-4-5-11(14)9-12/h4-10H,1-3H3/b8-7+/t10-/m0/s1. The third-order valence-electron chi connectivity index (χ3n) is 2.05. The fraction of sp³-hybridized carbons (Fsp3) is 0.308. The highest BCUT2D eigenvalue weighted by atomic mass is 35.5. The Morgan fingerprint density at radius 3 is 2.76 bits per heavy atom. The molecule has 0 saturated heterocycles. The molecule has 17 heavy (non-hydrogen) atoms. The Morgan fingerprint density at radius 1 is 1.47 bits per heavy atom. The molecule has 1 aromatic rings. The number of hydrogen-bond donors (Lipinski definition) is 0. The van der Waals surface area contributed by atoms with Crippen LogP contribution >= 0.6 is 11.6 Å². The van der Waals surface area contributed by atoms with E-state index in [2.05, 4.69) is 0 Å². The number of carbonyl (C=O) groups is 1. The molecule has 0 aliphatic heterocycles. The topological polar surface area (TPSA) is 29.5 Å². The summed E-state index contributed by atoms with van der Waals surface area (Å²) < 4.78 is 5.49. The molecule has 0 N–H and O–H groups in total. The molecule has 0 aliphatic carbocycles. The lowest BCUT2D eigenvalue weighted by atomic mass is 10.2. The fourth-order valence-corrected chi connectivity index (χ4v) is 1.34. The molecule has 0 fully saturated rings. The number of ketones is 1. The van der Waals surface area contributed by atoms with E-state index in [1.165, 1.54) is 6.08 Å². The van der Waals surface area contributed by atoms with Crippen LogP contribution in [-0.2, 0) is 4.79 Å². The first-order chi connectivity index (χ1) is 7.99. The first-order valence-electron chi connectivity index (χ1n) is 5.29. The summed E-state index contributed by atoms with van der Waals surface area (Å²) >= 11 is 5.83. The monoisotopic (exact) mass is 253 g/mol. The molecule has 1 aromatic carbocycles. The lowest BCUT2D eigenvalue weighted by Crippen LogP contribution is -2.22. The lowest BCUT2D eigenvalue weighted by molar-refractivity contribution is -0.120. The van der Waals surface area contributed by atoms with E-state index in [1.54, 1.807) is 42.3 Å². The molecular formula is C13H16ClNO2. The van der Waals surface area contributed by atoms with Gasteiger partial charge in [-0.05, 0) is 25.1 Å². The number of carbonyl (C=O) groups excluding carboxylic acids is 1. The molecule has 0 saturated carbocycles. The highest BCUT2D eigenvalue weighted by Gasteiger charge is 2.11. The zero-order valence-electron chi connectivity index (χ0n) is 10.2. The van der Waals surface area contributed by atoms with Crippen molar-refractivity contribution in [2.75, 3.05) is 14.1 Å². The predicted molar refractivity (Wildman–Crippen MR) is 69.4 cm³/mol. The number of rotatable bonds is 5. The van der Waals surface area contributed by atoms with Crippen LogP contribution < -0.4 is 4.74 Å². The third kappa shape index (κ3) is 4.91. The summed E-state index contributed by atoms with van der Waals surface area (Å²) in [7, 11) is 3.71. The summed E-state index contributed by atoms with van der Waals surface area (Å²) in [6, 6.07) is 6.99. The molecule has 0 radical (unpaired) electrons. The summed E-state index contributed by atoms with van der Waals surface area (Å²) in [5.74, 6) is 0.510. The van der Waals surface area contributed by atoms with Gasteiger partial charge < -0.3 is 9.64 Å². The van der Waals surface area contributed by atoms with Gasteiger partial charge in [0, 0.05) is 31.4 Å². The Kier molecular flexibility index (Phi) is 5.04. The molecule has 92 valence electrons. The van der Waals surface area contributed by atoms with Gasteiger partial charge in [0.25, 0.3) is 0 Å². The second kappa shape index (κ2) is 6.30. The minimum atomic E-state index is -0.523. The molecule has 1 atom stereocenters. The van der Waals surface area contributed by atoms with Crippen molar-refractivity contribution in [2.24, 2.45) is 0 Å². The summed E-state index contributed by atoms with van der Waals surface area (Å²) in [6.07, 6.45) is 2.67. The SMILES string of the molecule is C[C@H](Oc1cccc(Cl)c1)C(=O)/C=C/N(C)C. The number of nitrogens with zero attached hydrogens (tertiary/aromatic N) is 1. The van der Waals surface area contributed by atoms with Gasteiger partial charge in [0.05, 0.1) is 0 Å². The van der Waals surface area contributed by atoms with Crippen molar-refractivity contribution < 1.29 is 9.53 Å². The highest BCUT2D eigenvalue weighted by Crippen LogP contribution is 2.18. The summed E-state index contributed by atoms with van der Waals surface area (Å²) in [4.78, 5) is 13.5. The van der Waals surface area contributed by atoms with Gasteiger partial charge in [-0.15, -0.1) is 0 Å². The summed E-state index contributed by atoms with van der Waals surface area (Å²) in [5.41, 5.74) is 0. The van der Waals surface area contributed by atoms with Gasteiger partial charge in [-0.25, -0.2) is 0 Å². The largest absolute Gasteiger partial charge is 0.483 e. The van der Waals surface area contributed by atoms with E-state index in [9.17, 15) is 4.79 Å². The average Bonchev–Trinajstić information content (AvgIpc) is 2.25. The van der Waals surface area contributed by atoms with Crippen LogP contribution in [0.5, 0.6) is 5.75 Å². The van der Waals surface area contributed by atoms with Crippen LogP contribution in [0.2, 0.25) is 5.02 Å². The number of hydrogen-bond acceptors (Lipinski definition) is 3. The maximum Gasteiger partial charge on any atom is 0.197 e. The molecular weight excluding hydrogens is 238 g/mol. The smallest absolute Gasteiger partial charge is 0.197 e. The molecule has 0 spiro atoms. The van der Waals surface area contributed by atoms with Crippen molar-refractivity contribution in [3.05, 3.63) is 41.6 Å². The first-order valence-corrected chi connectivity index (χ1v) is 5.67. The minimum absolute atomic E-state index is 0.0846. The molecule has 0 aromatic heterocycles. The van der Waals surface area contributed by atoms with Gasteiger partial charge in [0.15, 0.2) is 11.9 Å². The van der Waals surface area contributed by atoms with Gasteiger partial charge in [-0.3, -0.25) is 4.79 Å². The number of ether oxygens (including phenoxy) is 1. The van der Waals surface area contributed by atoms with Crippen LogP contribution in [0.4, 0.5) is 0 Å². The van der Waals surface area contributed by atoms with Crippen LogP contribution in [0.15, 0.2) is 36.5 Å². The average molecular weight is 254 g/mol. The first kappa shape index (κ1) is 13.6. The molecule has 3 nitrogen and oxygen atoms in total. The Hall–Kier alpha value is -1.48. The van der Waals surface area contributed by atoms with E-state index in [0.29, 0.717) is 10.8 Å². The van der Waals surface area contributed by atoms with Gasteiger partial charge in [-0.1, -0.05) is 17.7 Å². The zero-order valence-corrected chi connectivity index (χ0v) is 10.9. The van der Waals surface area contributed by atoms with Gasteiger partial charge in [0.2, 0.25) is 0 Å². The van der Waals surface area contributed by atoms with E-state index >= 15 is 0 Å². The van der Waals surface area contributed by atoms with Crippen LogP contribution in [0.3, 0.4) is 0 Å². The van der Waals surface area contributed by atoms with Crippen LogP contribution in [0.25, 0.3) is 0 Å². The molecule has 4 heteroatoms. The van der Waals surface area contributed by atoms with Gasteiger partial charge >= 0.3 is 0 Å². The van der Waals surface area contributed by atoms with Crippen molar-refractivity contribution in [1.82, 2.24) is 4.90 Å². The Morgan fingerprint density at radius 2 is 2.18 bits per heavy atom. The van der Waals surface area contributed by atoms with Crippen molar-refractivity contribution in [3.63, 3.8) is 0 Å². The van der Waals surface area contributed by atoms with E-state index < -0.39 is 6.10 Å². The van der Waals surface area contributed by atoms with Crippen molar-refractivity contribution in [3.8, 4) is 5.75 Å². The molecule has 0 bridgehead atoms. The quantitative estimate of drug-likeness (QED) is 0.756. The van der Waals surface area contributed by atoms with Crippen molar-refractivity contribution in [2.45, 2.75) is 13.0 Å². The lowest BCUT2D eigenvalue weighted by Gasteiger charge is -2.12. The molecule has 0 heterocycles. The van der Waals surface area contributed by atoms with Crippen LogP contribution in [-0.4, -0.2) is 30.9 Å². The Bertz CT molecular complexity index is 416. The maximum atomic E-state index is 11.7. The van der Waals surface area contributed by atoms with Crippen LogP contribution in [0, 0.1) is 0 Å². The van der Waals surface area contributed by atoms with Crippen molar-refractivity contribution in [1.29, 1.82) is 0 Å². The summed E-state index contributed by atoms with van der Waals surface area (Å²) in [5, 5.41) is 0.589. The highest BCUT2D eigenvalue weighted by molar-refractivity contribution is 6.30. The number of benzene rings is 1. The predicted octanol–water partition coefficient (Wildman–Crippen LogP) is 2.75. The normalized spacial score (nSPS) is 12.5. The second-order valence-corrected chi connectivity index (χ2v) is 4.34. The zero-order chi connectivity index (χ0) is 12.8. The van der Waals surface area contributed by atoms with Gasteiger partial charge in [-0.2, -0.15) is 0 Å².